The molecule has 0 radical (unpaired) electrons. The largest absolute Gasteiger partial charge is 0.481 e. The standard InChI is InChI=1S/C15H16F4N2O4/c16-14(17)15(18,19)8-25-11-4-3-9(6-20-11)12(22)21-5-1-2-10(7-21)13(23)24/h3-4,6,10,14H,1-2,5,7-8H2,(H,23,24). The lowest BCUT2D eigenvalue weighted by Gasteiger charge is -2.30. The number of hydrogen-bond acceptors (Lipinski definition) is 4. The number of piperidine rings is 1. The van der Waals surface area contributed by atoms with Crippen LogP contribution in [0.4, 0.5) is 17.6 Å². The third-order valence-electron chi connectivity index (χ3n) is 3.77. The summed E-state index contributed by atoms with van der Waals surface area (Å²) in [5.74, 6) is -6.67. The number of likely N-dealkylation sites (tertiary alicyclic amines) is 1. The molecule has 0 bridgehead atoms. The molecule has 1 N–H and O–H groups in total. The van der Waals surface area contributed by atoms with Gasteiger partial charge < -0.3 is 14.7 Å². The van der Waals surface area contributed by atoms with Crippen molar-refractivity contribution in [3.8, 4) is 5.88 Å². The summed E-state index contributed by atoms with van der Waals surface area (Å²) < 4.78 is 54.1. The summed E-state index contributed by atoms with van der Waals surface area (Å²) in [7, 11) is 0. The summed E-state index contributed by atoms with van der Waals surface area (Å²) in [6.45, 7) is -1.05. The first kappa shape index (κ1) is 18.9. The zero-order chi connectivity index (χ0) is 18.6. The summed E-state index contributed by atoms with van der Waals surface area (Å²) in [4.78, 5) is 28.4. The van der Waals surface area contributed by atoms with Gasteiger partial charge in [-0.3, -0.25) is 9.59 Å². The average molecular weight is 364 g/mol. The molecule has 10 heteroatoms. The molecule has 0 aromatic carbocycles. The van der Waals surface area contributed by atoms with E-state index in [0.717, 1.165) is 12.3 Å². The van der Waals surface area contributed by atoms with Crippen LogP contribution < -0.4 is 4.74 Å². The van der Waals surface area contributed by atoms with Crippen molar-refractivity contribution in [2.75, 3.05) is 19.7 Å². The SMILES string of the molecule is O=C(O)C1CCCN(C(=O)c2ccc(OCC(F)(F)C(F)F)nc2)C1. The molecule has 1 fully saturated rings. The number of halogens is 4. The van der Waals surface area contributed by atoms with Gasteiger partial charge in [-0.2, -0.15) is 8.78 Å². The lowest BCUT2D eigenvalue weighted by atomic mass is 9.98. The maximum Gasteiger partial charge on any atom is 0.340 e. The van der Waals surface area contributed by atoms with Crippen LogP contribution in [0.2, 0.25) is 0 Å². The van der Waals surface area contributed by atoms with E-state index in [0.29, 0.717) is 19.4 Å². The topological polar surface area (TPSA) is 79.7 Å². The molecular weight excluding hydrogens is 348 g/mol. The first-order valence-corrected chi connectivity index (χ1v) is 7.47. The zero-order valence-corrected chi connectivity index (χ0v) is 13.0. The quantitative estimate of drug-likeness (QED) is 0.784. The summed E-state index contributed by atoms with van der Waals surface area (Å²) >= 11 is 0. The number of aromatic nitrogens is 1. The van der Waals surface area contributed by atoms with Crippen molar-refractivity contribution < 1.29 is 37.0 Å². The van der Waals surface area contributed by atoms with Gasteiger partial charge in [0.15, 0.2) is 6.61 Å². The second kappa shape index (κ2) is 7.66. The fraction of sp³-hybridized carbons (Fsp3) is 0.533. The van der Waals surface area contributed by atoms with Crippen molar-refractivity contribution >= 4 is 11.9 Å². The minimum Gasteiger partial charge on any atom is -0.481 e. The highest BCUT2D eigenvalue weighted by molar-refractivity contribution is 5.94. The molecule has 6 nitrogen and oxygen atoms in total. The Morgan fingerprint density at radius 1 is 1.40 bits per heavy atom. The average Bonchev–Trinajstić information content (AvgIpc) is 2.60. The third kappa shape index (κ3) is 4.80. The highest BCUT2D eigenvalue weighted by atomic mass is 19.3. The highest BCUT2D eigenvalue weighted by Gasteiger charge is 2.41. The number of aliphatic carboxylic acids is 1. The number of rotatable bonds is 6. The molecule has 25 heavy (non-hydrogen) atoms. The van der Waals surface area contributed by atoms with E-state index in [9.17, 15) is 27.2 Å². The zero-order valence-electron chi connectivity index (χ0n) is 13.0. The molecule has 1 saturated heterocycles. The highest BCUT2D eigenvalue weighted by Crippen LogP contribution is 2.24. The van der Waals surface area contributed by atoms with Crippen LogP contribution >= 0.6 is 0 Å². The van der Waals surface area contributed by atoms with Gasteiger partial charge in [-0.25, -0.2) is 13.8 Å². The van der Waals surface area contributed by atoms with Crippen LogP contribution in [-0.2, 0) is 4.79 Å². The fourth-order valence-corrected chi connectivity index (χ4v) is 2.37. The van der Waals surface area contributed by atoms with E-state index in [1.807, 2.05) is 0 Å². The van der Waals surface area contributed by atoms with E-state index in [1.54, 1.807) is 0 Å². The van der Waals surface area contributed by atoms with Gasteiger partial charge in [0.05, 0.1) is 11.5 Å². The first-order valence-electron chi connectivity index (χ1n) is 7.47. The lowest BCUT2D eigenvalue weighted by molar-refractivity contribution is -0.148. The molecule has 1 aliphatic rings. The predicted molar refractivity (Wildman–Crippen MR) is 76.9 cm³/mol. The van der Waals surface area contributed by atoms with Crippen LogP contribution in [-0.4, -0.2) is 58.9 Å². The number of carboxylic acids is 1. The van der Waals surface area contributed by atoms with Crippen LogP contribution in [0.25, 0.3) is 0 Å². The van der Waals surface area contributed by atoms with Crippen LogP contribution in [0, 0.1) is 5.92 Å². The number of pyridine rings is 1. The van der Waals surface area contributed by atoms with E-state index in [4.69, 9.17) is 5.11 Å². The van der Waals surface area contributed by atoms with Gasteiger partial charge in [0.2, 0.25) is 5.88 Å². The van der Waals surface area contributed by atoms with E-state index in [2.05, 4.69) is 9.72 Å². The molecule has 1 aliphatic heterocycles. The summed E-state index contributed by atoms with van der Waals surface area (Å²) in [5.41, 5.74) is 0.124. The van der Waals surface area contributed by atoms with Crippen molar-refractivity contribution in [3.05, 3.63) is 23.9 Å². The molecule has 0 aliphatic carbocycles. The second-order valence-electron chi connectivity index (χ2n) is 5.66. The number of amides is 1. The van der Waals surface area contributed by atoms with Crippen molar-refractivity contribution in [2.45, 2.75) is 25.2 Å². The number of alkyl halides is 4. The Labute approximate surface area is 140 Å². The minimum absolute atomic E-state index is 0.0764. The Morgan fingerprint density at radius 2 is 2.12 bits per heavy atom. The molecule has 1 amide bonds. The fourth-order valence-electron chi connectivity index (χ4n) is 2.37. The number of carbonyl (C=O) groups is 2. The number of ether oxygens (including phenoxy) is 1. The van der Waals surface area contributed by atoms with Gasteiger partial charge in [0, 0.05) is 25.4 Å². The molecule has 1 aromatic heterocycles. The molecule has 138 valence electrons. The molecule has 2 heterocycles. The maximum absolute atomic E-state index is 12.8. The lowest BCUT2D eigenvalue weighted by Crippen LogP contribution is -2.42. The van der Waals surface area contributed by atoms with Gasteiger partial charge in [-0.1, -0.05) is 0 Å². The normalized spacial score (nSPS) is 18.3. The van der Waals surface area contributed by atoms with E-state index in [1.165, 1.54) is 11.0 Å². The minimum atomic E-state index is -4.30. The molecule has 2 rings (SSSR count). The smallest absolute Gasteiger partial charge is 0.340 e. The van der Waals surface area contributed by atoms with Gasteiger partial charge in [-0.05, 0) is 18.9 Å². The van der Waals surface area contributed by atoms with E-state index in [-0.39, 0.29) is 18.0 Å². The van der Waals surface area contributed by atoms with Crippen LogP contribution in [0.3, 0.4) is 0 Å². The summed E-state index contributed by atoms with van der Waals surface area (Å²) in [5, 5.41) is 9.03. The Hall–Kier alpha value is -2.39. The molecule has 0 spiro atoms. The Morgan fingerprint density at radius 3 is 2.68 bits per heavy atom. The van der Waals surface area contributed by atoms with E-state index < -0.39 is 36.7 Å². The third-order valence-corrected chi connectivity index (χ3v) is 3.77. The monoisotopic (exact) mass is 364 g/mol. The maximum atomic E-state index is 12.8. The number of carbonyl (C=O) groups excluding carboxylic acids is 1. The van der Waals surface area contributed by atoms with E-state index >= 15 is 0 Å². The van der Waals surface area contributed by atoms with Crippen molar-refractivity contribution in [3.63, 3.8) is 0 Å². The van der Waals surface area contributed by atoms with Gasteiger partial charge in [0.1, 0.15) is 0 Å². The number of nitrogens with zero attached hydrogens (tertiary/aromatic N) is 2. The van der Waals surface area contributed by atoms with Gasteiger partial charge in [-0.15, -0.1) is 0 Å². The molecule has 1 aromatic rings. The molecule has 1 unspecified atom stereocenters. The van der Waals surface area contributed by atoms with Gasteiger partial charge in [0.25, 0.3) is 5.91 Å². The van der Waals surface area contributed by atoms with Crippen molar-refractivity contribution in [1.29, 1.82) is 0 Å². The summed E-state index contributed by atoms with van der Waals surface area (Å²) in [6, 6.07) is 2.38. The summed E-state index contributed by atoms with van der Waals surface area (Å²) in [6.07, 6.45) is -1.74. The molecular formula is C15H16F4N2O4. The van der Waals surface area contributed by atoms with Crippen molar-refractivity contribution in [2.24, 2.45) is 5.92 Å². The van der Waals surface area contributed by atoms with Crippen molar-refractivity contribution in [1.82, 2.24) is 9.88 Å². The second-order valence-corrected chi connectivity index (χ2v) is 5.66. The molecule has 0 saturated carbocycles. The van der Waals surface area contributed by atoms with Crippen LogP contribution in [0.5, 0.6) is 5.88 Å². The van der Waals surface area contributed by atoms with Gasteiger partial charge >= 0.3 is 18.3 Å². The first-order chi connectivity index (χ1) is 11.7. The Kier molecular flexibility index (Phi) is 5.81. The Balaban J connectivity index is 1.97. The number of hydrogen-bond donors (Lipinski definition) is 1. The van der Waals surface area contributed by atoms with Crippen LogP contribution in [0.1, 0.15) is 23.2 Å². The number of carboxylic acid groups (broad SMARTS) is 1. The molecule has 1 atom stereocenters. The Bertz CT molecular complexity index is 624. The predicted octanol–water partition coefficient (Wildman–Crippen LogP) is 2.30. The van der Waals surface area contributed by atoms with Crippen LogP contribution in [0.15, 0.2) is 18.3 Å².